The molecule has 0 radical (unpaired) electrons. The number of pyridine rings is 1. The van der Waals surface area contributed by atoms with Crippen molar-refractivity contribution in [1.29, 1.82) is 0 Å². The summed E-state index contributed by atoms with van der Waals surface area (Å²) >= 11 is 5.94. The van der Waals surface area contributed by atoms with Gasteiger partial charge in [0, 0.05) is 23.0 Å². The average Bonchev–Trinajstić information content (AvgIpc) is 2.55. The first-order valence-electron chi connectivity index (χ1n) is 7.01. The normalized spacial score (nSPS) is 10.8. The molecule has 106 valence electrons. The van der Waals surface area contributed by atoms with Crippen molar-refractivity contribution in [2.24, 2.45) is 0 Å². The highest BCUT2D eigenvalue weighted by Crippen LogP contribution is 2.29. The molecule has 1 heterocycles. The first-order valence-corrected chi connectivity index (χ1v) is 7.55. The van der Waals surface area contributed by atoms with Crippen LogP contribution >= 0.6 is 11.6 Å². The van der Waals surface area contributed by atoms with Gasteiger partial charge in [-0.2, -0.15) is 0 Å². The van der Waals surface area contributed by atoms with Crippen LogP contribution in [-0.2, 0) is 12.3 Å². The lowest BCUT2D eigenvalue weighted by atomic mass is 10.1. The number of hydrogen-bond acceptors (Lipinski definition) is 2. The minimum atomic E-state index is 0.460. The molecule has 2 nitrogen and oxygen atoms in total. The van der Waals surface area contributed by atoms with Crippen molar-refractivity contribution in [3.63, 3.8) is 0 Å². The number of ether oxygens (including phenoxy) is 1. The summed E-state index contributed by atoms with van der Waals surface area (Å²) in [6.07, 6.45) is 0.858. The third-order valence-corrected chi connectivity index (χ3v) is 3.70. The minimum Gasteiger partial charge on any atom is -0.438 e. The number of benzene rings is 2. The Kier molecular flexibility index (Phi) is 4.07. The molecule has 1 aromatic heterocycles. The molecule has 0 unspecified atom stereocenters. The Bertz CT molecular complexity index is 743. The number of aryl methyl sites for hydroxylation is 1. The Labute approximate surface area is 129 Å². The highest BCUT2D eigenvalue weighted by atomic mass is 35.5. The summed E-state index contributed by atoms with van der Waals surface area (Å²) in [7, 11) is 0. The van der Waals surface area contributed by atoms with Crippen LogP contribution in [0.1, 0.15) is 18.2 Å². The molecule has 0 spiro atoms. The van der Waals surface area contributed by atoms with Crippen LogP contribution in [0, 0.1) is 0 Å². The van der Waals surface area contributed by atoms with Gasteiger partial charge in [-0.3, -0.25) is 0 Å². The zero-order chi connectivity index (χ0) is 14.7. The molecule has 0 amide bonds. The predicted molar refractivity (Wildman–Crippen MR) is 87.2 cm³/mol. The van der Waals surface area contributed by atoms with E-state index in [1.165, 1.54) is 0 Å². The summed E-state index contributed by atoms with van der Waals surface area (Å²) in [4.78, 5) is 4.52. The van der Waals surface area contributed by atoms with Gasteiger partial charge in [0.2, 0.25) is 5.88 Å². The van der Waals surface area contributed by atoms with Gasteiger partial charge in [0.15, 0.2) is 0 Å². The van der Waals surface area contributed by atoms with Crippen LogP contribution in [0.2, 0.25) is 0 Å². The lowest BCUT2D eigenvalue weighted by Crippen LogP contribution is -1.95. The second-order valence-corrected chi connectivity index (χ2v) is 5.14. The number of fused-ring (bicyclic) bond motifs is 1. The lowest BCUT2D eigenvalue weighted by molar-refractivity contribution is 0.465. The van der Waals surface area contributed by atoms with E-state index in [9.17, 15) is 0 Å². The van der Waals surface area contributed by atoms with Gasteiger partial charge in [0.25, 0.3) is 0 Å². The van der Waals surface area contributed by atoms with Gasteiger partial charge in [-0.1, -0.05) is 43.3 Å². The van der Waals surface area contributed by atoms with E-state index in [-0.39, 0.29) is 0 Å². The first kappa shape index (κ1) is 13.9. The van der Waals surface area contributed by atoms with E-state index in [0.717, 1.165) is 34.2 Å². The molecule has 3 heteroatoms. The third kappa shape index (κ3) is 3.01. The second-order valence-electron chi connectivity index (χ2n) is 4.87. The van der Waals surface area contributed by atoms with E-state index >= 15 is 0 Å². The molecule has 0 aliphatic rings. The van der Waals surface area contributed by atoms with Crippen molar-refractivity contribution in [3.8, 4) is 11.6 Å². The van der Waals surface area contributed by atoms with E-state index in [1.54, 1.807) is 0 Å². The van der Waals surface area contributed by atoms with Gasteiger partial charge in [0.1, 0.15) is 5.75 Å². The van der Waals surface area contributed by atoms with Crippen molar-refractivity contribution < 1.29 is 4.74 Å². The monoisotopic (exact) mass is 297 g/mol. The number of nitrogens with zero attached hydrogens (tertiary/aromatic N) is 1. The maximum Gasteiger partial charge on any atom is 0.219 e. The van der Waals surface area contributed by atoms with Crippen molar-refractivity contribution in [3.05, 3.63) is 65.9 Å². The SMILES string of the molecule is CCc1cc(CCl)cc(Oc2cccc3ccccc23)n1. The maximum absolute atomic E-state index is 6.01. The molecule has 2 aromatic carbocycles. The van der Waals surface area contributed by atoms with Crippen LogP contribution < -0.4 is 4.74 Å². The van der Waals surface area contributed by atoms with Gasteiger partial charge >= 0.3 is 0 Å². The Hall–Kier alpha value is -2.06. The smallest absolute Gasteiger partial charge is 0.219 e. The van der Waals surface area contributed by atoms with Crippen molar-refractivity contribution in [1.82, 2.24) is 4.98 Å². The van der Waals surface area contributed by atoms with E-state index in [0.29, 0.717) is 11.8 Å². The van der Waals surface area contributed by atoms with E-state index in [2.05, 4.69) is 30.1 Å². The summed E-state index contributed by atoms with van der Waals surface area (Å²) < 4.78 is 6.01. The highest BCUT2D eigenvalue weighted by Gasteiger charge is 2.06. The molecule has 3 rings (SSSR count). The Balaban J connectivity index is 2.02. The molecule has 0 atom stereocenters. The van der Waals surface area contributed by atoms with Gasteiger partial charge in [-0.15, -0.1) is 11.6 Å². The Morgan fingerprint density at radius 1 is 1.05 bits per heavy atom. The molecule has 0 fully saturated rings. The second kappa shape index (κ2) is 6.15. The summed E-state index contributed by atoms with van der Waals surface area (Å²) in [5.74, 6) is 1.87. The molecule has 0 bridgehead atoms. The molecule has 0 aliphatic heterocycles. The van der Waals surface area contributed by atoms with Crippen LogP contribution in [0.15, 0.2) is 54.6 Å². The lowest BCUT2D eigenvalue weighted by Gasteiger charge is -2.10. The Morgan fingerprint density at radius 3 is 2.67 bits per heavy atom. The fraction of sp³-hybridized carbons (Fsp3) is 0.167. The van der Waals surface area contributed by atoms with Gasteiger partial charge in [0.05, 0.1) is 0 Å². The third-order valence-electron chi connectivity index (χ3n) is 3.40. The molecule has 21 heavy (non-hydrogen) atoms. The summed E-state index contributed by atoms with van der Waals surface area (Å²) in [5.41, 5.74) is 2.02. The number of halogens is 1. The molecule has 3 aromatic rings. The van der Waals surface area contributed by atoms with Gasteiger partial charge in [-0.05, 0) is 29.5 Å². The van der Waals surface area contributed by atoms with E-state index < -0.39 is 0 Å². The first-order chi connectivity index (χ1) is 10.3. The zero-order valence-corrected chi connectivity index (χ0v) is 12.6. The molecule has 0 N–H and O–H groups in total. The van der Waals surface area contributed by atoms with Crippen LogP contribution in [0.5, 0.6) is 11.6 Å². The van der Waals surface area contributed by atoms with E-state index in [1.807, 2.05) is 36.4 Å². The highest BCUT2D eigenvalue weighted by molar-refractivity contribution is 6.17. The van der Waals surface area contributed by atoms with Crippen LogP contribution in [0.4, 0.5) is 0 Å². The Morgan fingerprint density at radius 2 is 1.86 bits per heavy atom. The van der Waals surface area contributed by atoms with Gasteiger partial charge < -0.3 is 4.74 Å². The summed E-state index contributed by atoms with van der Waals surface area (Å²) in [6.45, 7) is 2.07. The summed E-state index contributed by atoms with van der Waals surface area (Å²) in [6, 6.07) is 18.1. The molecule has 0 saturated heterocycles. The van der Waals surface area contributed by atoms with Crippen molar-refractivity contribution >= 4 is 22.4 Å². The fourth-order valence-electron chi connectivity index (χ4n) is 2.33. The minimum absolute atomic E-state index is 0.460. The maximum atomic E-state index is 6.01. The van der Waals surface area contributed by atoms with E-state index in [4.69, 9.17) is 16.3 Å². The van der Waals surface area contributed by atoms with Crippen LogP contribution in [0.3, 0.4) is 0 Å². The van der Waals surface area contributed by atoms with Crippen molar-refractivity contribution in [2.45, 2.75) is 19.2 Å². The van der Waals surface area contributed by atoms with Crippen LogP contribution in [-0.4, -0.2) is 4.98 Å². The molecular weight excluding hydrogens is 282 g/mol. The quantitative estimate of drug-likeness (QED) is 0.607. The number of rotatable bonds is 4. The summed E-state index contributed by atoms with van der Waals surface area (Å²) in [5, 5.41) is 2.23. The standard InChI is InChI=1S/C18H16ClNO/c1-2-15-10-13(12-19)11-18(20-15)21-17-9-5-7-14-6-3-4-8-16(14)17/h3-11H,2,12H2,1H3. The number of hydrogen-bond donors (Lipinski definition) is 0. The van der Waals surface area contributed by atoms with Gasteiger partial charge in [-0.25, -0.2) is 4.98 Å². The predicted octanol–water partition coefficient (Wildman–Crippen LogP) is 5.33. The topological polar surface area (TPSA) is 22.1 Å². The average molecular weight is 298 g/mol. The molecule has 0 aliphatic carbocycles. The largest absolute Gasteiger partial charge is 0.438 e. The number of alkyl halides is 1. The van der Waals surface area contributed by atoms with Crippen LogP contribution in [0.25, 0.3) is 10.8 Å². The number of aromatic nitrogens is 1. The molecule has 0 saturated carbocycles. The fourth-order valence-corrected chi connectivity index (χ4v) is 2.48. The molecular formula is C18H16ClNO. The van der Waals surface area contributed by atoms with Crippen molar-refractivity contribution in [2.75, 3.05) is 0 Å². The zero-order valence-electron chi connectivity index (χ0n) is 11.8.